The molecule has 3 fully saturated rings. The molecule has 0 amide bonds. The van der Waals surface area contributed by atoms with E-state index in [9.17, 15) is 5.11 Å². The van der Waals surface area contributed by atoms with E-state index in [1.165, 1.54) is 37.1 Å². The number of nitrogens with zero attached hydrogens (tertiary/aromatic N) is 1. The summed E-state index contributed by atoms with van der Waals surface area (Å²) in [6.07, 6.45) is 4.91. The molecule has 2 saturated heterocycles. The van der Waals surface area contributed by atoms with Crippen molar-refractivity contribution >= 4 is 11.0 Å². The van der Waals surface area contributed by atoms with Crippen LogP contribution in [0.4, 0.5) is 0 Å². The average molecular weight is 311 g/mol. The van der Waals surface area contributed by atoms with E-state index in [2.05, 4.69) is 18.7 Å². The van der Waals surface area contributed by atoms with E-state index in [0.717, 1.165) is 29.2 Å². The third kappa shape index (κ3) is 1.86. The monoisotopic (exact) mass is 311 g/mol. The van der Waals surface area contributed by atoms with Gasteiger partial charge in [0, 0.05) is 35.5 Å². The first-order valence-electron chi connectivity index (χ1n) is 9.15. The van der Waals surface area contributed by atoms with Crippen LogP contribution in [0, 0.1) is 11.8 Å². The van der Waals surface area contributed by atoms with Gasteiger partial charge in [-0.05, 0) is 55.7 Å². The summed E-state index contributed by atoms with van der Waals surface area (Å²) in [6.45, 7) is 6.02. The van der Waals surface area contributed by atoms with Crippen molar-refractivity contribution in [3.63, 3.8) is 0 Å². The zero-order valence-corrected chi connectivity index (χ0v) is 14.0. The van der Waals surface area contributed by atoms with Gasteiger partial charge in [0.05, 0.1) is 0 Å². The van der Waals surface area contributed by atoms with Crippen molar-refractivity contribution < 1.29 is 9.52 Å². The summed E-state index contributed by atoms with van der Waals surface area (Å²) in [6, 6.07) is 6.82. The fourth-order valence-corrected chi connectivity index (χ4v) is 5.84. The molecule has 3 aliphatic heterocycles. The summed E-state index contributed by atoms with van der Waals surface area (Å²) in [5, 5.41) is 11.1. The summed E-state index contributed by atoms with van der Waals surface area (Å²) in [4.78, 5) is 2.80. The van der Waals surface area contributed by atoms with Crippen LogP contribution in [0.25, 0.3) is 11.0 Å². The van der Waals surface area contributed by atoms with Crippen molar-refractivity contribution in [3.8, 4) is 5.75 Å². The Balaban J connectivity index is 1.73. The molecule has 6 atom stereocenters. The van der Waals surface area contributed by atoms with Crippen molar-refractivity contribution in [2.24, 2.45) is 11.8 Å². The first-order valence-corrected chi connectivity index (χ1v) is 9.15. The van der Waals surface area contributed by atoms with Crippen LogP contribution in [-0.4, -0.2) is 28.6 Å². The fourth-order valence-electron chi connectivity index (χ4n) is 5.84. The van der Waals surface area contributed by atoms with E-state index < -0.39 is 0 Å². The smallest absolute Gasteiger partial charge is 0.134 e. The summed E-state index contributed by atoms with van der Waals surface area (Å²) >= 11 is 0. The van der Waals surface area contributed by atoms with Crippen LogP contribution in [0.15, 0.2) is 22.6 Å². The molecule has 4 bridgehead atoms. The van der Waals surface area contributed by atoms with Gasteiger partial charge < -0.3 is 9.52 Å². The molecule has 4 heterocycles. The Morgan fingerprint density at radius 2 is 2.17 bits per heavy atom. The highest BCUT2D eigenvalue weighted by molar-refractivity contribution is 5.84. The molecule has 23 heavy (non-hydrogen) atoms. The lowest BCUT2D eigenvalue weighted by Crippen LogP contribution is -2.58. The number of aromatic hydroxyl groups is 1. The van der Waals surface area contributed by atoms with Crippen LogP contribution in [0.2, 0.25) is 0 Å². The second kappa shape index (κ2) is 4.76. The molecule has 122 valence electrons. The molecule has 1 aromatic carbocycles. The Hall–Kier alpha value is -1.48. The number of phenols is 1. The quantitative estimate of drug-likeness (QED) is 0.853. The second-order valence-electron chi connectivity index (χ2n) is 8.00. The van der Waals surface area contributed by atoms with Crippen molar-refractivity contribution in [1.82, 2.24) is 4.90 Å². The van der Waals surface area contributed by atoms with Crippen molar-refractivity contribution in [1.29, 1.82) is 0 Å². The third-order valence-electron chi connectivity index (χ3n) is 6.66. The number of phenolic OH excluding ortho intramolecular Hbond substituents is 1. The molecule has 2 unspecified atom stereocenters. The van der Waals surface area contributed by atoms with Crippen molar-refractivity contribution in [2.75, 3.05) is 6.54 Å². The molecular weight excluding hydrogens is 286 g/mol. The van der Waals surface area contributed by atoms with Crippen LogP contribution < -0.4 is 0 Å². The van der Waals surface area contributed by atoms with Gasteiger partial charge in [0.2, 0.25) is 0 Å². The largest absolute Gasteiger partial charge is 0.508 e. The first kappa shape index (κ1) is 13.9. The molecule has 0 radical (unpaired) electrons. The van der Waals surface area contributed by atoms with Gasteiger partial charge >= 0.3 is 0 Å². The van der Waals surface area contributed by atoms with Gasteiger partial charge in [-0.2, -0.15) is 0 Å². The van der Waals surface area contributed by atoms with Crippen LogP contribution in [0.3, 0.4) is 0 Å². The van der Waals surface area contributed by atoms with Crippen LogP contribution in [-0.2, 0) is 6.42 Å². The summed E-state index contributed by atoms with van der Waals surface area (Å²) in [5.74, 6) is 3.69. The summed E-state index contributed by atoms with van der Waals surface area (Å²) in [7, 11) is 0. The number of hydrogen-bond donors (Lipinski definition) is 1. The zero-order valence-electron chi connectivity index (χ0n) is 14.0. The third-order valence-corrected chi connectivity index (χ3v) is 6.66. The van der Waals surface area contributed by atoms with E-state index in [1.54, 1.807) is 6.07 Å². The van der Waals surface area contributed by atoms with E-state index in [4.69, 9.17) is 4.42 Å². The zero-order chi connectivity index (χ0) is 15.7. The highest BCUT2D eigenvalue weighted by Crippen LogP contribution is 2.52. The molecule has 4 aliphatic rings. The number of piperidine rings is 2. The molecule has 3 nitrogen and oxygen atoms in total. The number of rotatable bonds is 1. The Morgan fingerprint density at radius 1 is 1.30 bits per heavy atom. The van der Waals surface area contributed by atoms with E-state index in [0.29, 0.717) is 23.8 Å². The maximum Gasteiger partial charge on any atom is 0.134 e. The van der Waals surface area contributed by atoms with Gasteiger partial charge in [-0.15, -0.1) is 0 Å². The van der Waals surface area contributed by atoms with Crippen LogP contribution in [0.1, 0.15) is 50.4 Å². The summed E-state index contributed by atoms with van der Waals surface area (Å²) < 4.78 is 6.37. The van der Waals surface area contributed by atoms with Gasteiger partial charge in [0.25, 0.3) is 0 Å². The van der Waals surface area contributed by atoms with Gasteiger partial charge in [-0.25, -0.2) is 0 Å². The molecule has 1 N–H and O–H groups in total. The molecule has 2 aromatic rings. The molecule has 3 heteroatoms. The van der Waals surface area contributed by atoms with Crippen molar-refractivity contribution in [2.45, 2.75) is 57.5 Å². The first-order chi connectivity index (χ1) is 11.2. The van der Waals surface area contributed by atoms with Gasteiger partial charge in [-0.1, -0.05) is 13.8 Å². The molecule has 0 spiro atoms. The lowest BCUT2D eigenvalue weighted by Gasteiger charge is -2.54. The Kier molecular flexibility index (Phi) is 2.88. The minimum atomic E-state index is 0.344. The Morgan fingerprint density at radius 3 is 2.96 bits per heavy atom. The normalized spacial score (nSPS) is 38.5. The minimum Gasteiger partial charge on any atom is -0.508 e. The molecule has 1 aromatic heterocycles. The number of hydrogen-bond acceptors (Lipinski definition) is 3. The predicted molar refractivity (Wildman–Crippen MR) is 90.8 cm³/mol. The minimum absolute atomic E-state index is 0.344. The van der Waals surface area contributed by atoms with E-state index >= 15 is 0 Å². The van der Waals surface area contributed by atoms with Crippen molar-refractivity contribution in [3.05, 3.63) is 29.5 Å². The molecule has 6 rings (SSSR count). The Labute approximate surface area is 137 Å². The standard InChI is InChI=1S/C20H25NO2/c1-3-13-8-16-15-9-14(22)4-5-18(15)23-20(16)17-7-12-6-11(2)19(17)21(13)10-12/h4-5,9,11-13,17,19,22H,3,6-8,10H2,1-2H3/t11-,12-,13+,17+,19?/m0/s1. The highest BCUT2D eigenvalue weighted by Gasteiger charge is 2.50. The van der Waals surface area contributed by atoms with Gasteiger partial charge in [0.15, 0.2) is 0 Å². The van der Waals surface area contributed by atoms with Crippen LogP contribution >= 0.6 is 0 Å². The number of fused-ring (bicyclic) bond motifs is 4. The average Bonchev–Trinajstić information content (AvgIpc) is 2.85. The highest BCUT2D eigenvalue weighted by atomic mass is 16.3. The maximum absolute atomic E-state index is 9.93. The SMILES string of the molecule is CC[C@@H]1Cc2c(oc3ccc(O)cc23)[C@@H]2C[C@@H]3C[C@H](C)C2N1C3. The molecular formula is C20H25NO2. The predicted octanol–water partition coefficient (Wildman–Crippen LogP) is 4.29. The lowest BCUT2D eigenvalue weighted by atomic mass is 9.66. The van der Waals surface area contributed by atoms with E-state index in [-0.39, 0.29) is 0 Å². The second-order valence-corrected chi connectivity index (χ2v) is 8.00. The number of benzene rings is 1. The topological polar surface area (TPSA) is 36.6 Å². The molecule has 1 saturated carbocycles. The maximum atomic E-state index is 9.93. The summed E-state index contributed by atoms with van der Waals surface area (Å²) in [5.41, 5.74) is 2.32. The van der Waals surface area contributed by atoms with Crippen LogP contribution in [0.5, 0.6) is 5.75 Å². The van der Waals surface area contributed by atoms with Gasteiger partial charge in [0.1, 0.15) is 17.1 Å². The number of furan rings is 1. The lowest BCUT2D eigenvalue weighted by molar-refractivity contribution is -0.0363. The fraction of sp³-hybridized carbons (Fsp3) is 0.600. The van der Waals surface area contributed by atoms with E-state index in [1.807, 2.05) is 12.1 Å². The van der Waals surface area contributed by atoms with Gasteiger partial charge in [-0.3, -0.25) is 4.90 Å². The molecule has 1 aliphatic carbocycles. The Bertz CT molecular complexity index is 764.